The molecule has 2 aromatic carbocycles. The van der Waals surface area contributed by atoms with E-state index in [1.54, 1.807) is 25.3 Å². The number of aromatic amines is 1. The summed E-state index contributed by atoms with van der Waals surface area (Å²) >= 11 is 0. The number of aryl methyl sites for hydroxylation is 1. The maximum atomic E-state index is 12.5. The lowest BCUT2D eigenvalue weighted by atomic mass is 10.1. The van der Waals surface area contributed by atoms with Gasteiger partial charge in [-0.2, -0.15) is 0 Å². The molecule has 29 heavy (non-hydrogen) atoms. The van der Waals surface area contributed by atoms with Crippen LogP contribution in [0.2, 0.25) is 0 Å². The van der Waals surface area contributed by atoms with Crippen molar-refractivity contribution >= 4 is 16.8 Å². The molecule has 0 aliphatic carbocycles. The number of benzene rings is 2. The average Bonchev–Trinajstić information content (AvgIpc) is 2.74. The molecule has 152 valence electrons. The minimum absolute atomic E-state index is 0.196. The standard InChI is InChI=1S/C22H24N2O5/c1-13-5-6-19(29-4)20-18(13)11-14(22(26)24-20)7-8-23-21(25)15-9-16(27-2)12-17(10-15)28-3/h5-6,9-12H,7-8H2,1-4H3,(H,23,25)(H,24,26). The SMILES string of the molecule is COc1cc(OC)cc(C(=O)NCCc2cc3c(C)ccc(OC)c3[nH]c2=O)c1. The maximum absolute atomic E-state index is 12.5. The van der Waals surface area contributed by atoms with E-state index in [2.05, 4.69) is 10.3 Å². The van der Waals surface area contributed by atoms with Crippen molar-refractivity contribution in [3.63, 3.8) is 0 Å². The molecule has 7 nitrogen and oxygen atoms in total. The first-order valence-corrected chi connectivity index (χ1v) is 9.17. The van der Waals surface area contributed by atoms with Crippen LogP contribution in [0.4, 0.5) is 0 Å². The van der Waals surface area contributed by atoms with E-state index < -0.39 is 0 Å². The van der Waals surface area contributed by atoms with Gasteiger partial charge in [0.2, 0.25) is 0 Å². The van der Waals surface area contributed by atoms with Gasteiger partial charge in [0.05, 0.1) is 26.8 Å². The number of ether oxygens (including phenoxy) is 3. The van der Waals surface area contributed by atoms with E-state index in [9.17, 15) is 9.59 Å². The molecular formula is C22H24N2O5. The van der Waals surface area contributed by atoms with E-state index in [1.165, 1.54) is 14.2 Å². The van der Waals surface area contributed by atoms with Crippen LogP contribution in [0.5, 0.6) is 17.2 Å². The maximum Gasteiger partial charge on any atom is 0.251 e. The zero-order valence-electron chi connectivity index (χ0n) is 16.9. The molecule has 1 amide bonds. The summed E-state index contributed by atoms with van der Waals surface area (Å²) in [5.41, 5.74) is 2.53. The van der Waals surface area contributed by atoms with E-state index in [0.29, 0.717) is 46.9 Å². The summed E-state index contributed by atoms with van der Waals surface area (Å²) < 4.78 is 15.7. The molecular weight excluding hydrogens is 372 g/mol. The van der Waals surface area contributed by atoms with Crippen LogP contribution in [-0.2, 0) is 6.42 Å². The summed E-state index contributed by atoms with van der Waals surface area (Å²) in [5.74, 6) is 1.42. The Labute approximate surface area is 168 Å². The number of carbonyl (C=O) groups excluding carboxylic acids is 1. The summed E-state index contributed by atoms with van der Waals surface area (Å²) in [4.78, 5) is 27.8. The predicted molar refractivity (Wildman–Crippen MR) is 111 cm³/mol. The Morgan fingerprint density at radius 3 is 2.31 bits per heavy atom. The Bertz CT molecular complexity index is 1080. The Balaban J connectivity index is 1.76. The minimum Gasteiger partial charge on any atom is -0.497 e. The Morgan fingerprint density at radius 2 is 1.69 bits per heavy atom. The van der Waals surface area contributed by atoms with Crippen molar-refractivity contribution in [2.75, 3.05) is 27.9 Å². The molecule has 1 heterocycles. The third-order valence-corrected chi connectivity index (χ3v) is 4.79. The summed E-state index contributed by atoms with van der Waals surface area (Å²) in [6.45, 7) is 2.29. The van der Waals surface area contributed by atoms with Gasteiger partial charge in [-0.05, 0) is 43.2 Å². The van der Waals surface area contributed by atoms with Crippen molar-refractivity contribution in [3.8, 4) is 17.2 Å². The van der Waals surface area contributed by atoms with Crippen LogP contribution < -0.4 is 25.1 Å². The Kier molecular flexibility index (Phi) is 6.07. The van der Waals surface area contributed by atoms with Crippen LogP contribution >= 0.6 is 0 Å². The minimum atomic E-state index is -0.266. The number of carbonyl (C=O) groups is 1. The average molecular weight is 396 g/mol. The van der Waals surface area contributed by atoms with E-state index in [1.807, 2.05) is 25.1 Å². The Morgan fingerprint density at radius 1 is 1.00 bits per heavy atom. The number of methoxy groups -OCH3 is 3. The molecule has 0 atom stereocenters. The highest BCUT2D eigenvalue weighted by Gasteiger charge is 2.12. The fourth-order valence-corrected chi connectivity index (χ4v) is 3.16. The lowest BCUT2D eigenvalue weighted by molar-refractivity contribution is 0.0953. The molecule has 0 saturated heterocycles. The number of H-pyrrole nitrogens is 1. The largest absolute Gasteiger partial charge is 0.497 e. The lowest BCUT2D eigenvalue weighted by Gasteiger charge is -2.11. The van der Waals surface area contributed by atoms with Gasteiger partial charge in [-0.15, -0.1) is 0 Å². The van der Waals surface area contributed by atoms with Gasteiger partial charge in [-0.1, -0.05) is 6.07 Å². The second-order valence-electron chi connectivity index (χ2n) is 6.60. The van der Waals surface area contributed by atoms with Crippen molar-refractivity contribution in [2.24, 2.45) is 0 Å². The van der Waals surface area contributed by atoms with Crippen LogP contribution in [0.15, 0.2) is 41.2 Å². The first-order chi connectivity index (χ1) is 14.0. The zero-order valence-corrected chi connectivity index (χ0v) is 16.9. The molecule has 0 saturated carbocycles. The van der Waals surface area contributed by atoms with Gasteiger partial charge in [0.1, 0.15) is 17.2 Å². The van der Waals surface area contributed by atoms with Crippen molar-refractivity contribution in [3.05, 3.63) is 63.4 Å². The number of hydrogen-bond acceptors (Lipinski definition) is 5. The summed E-state index contributed by atoms with van der Waals surface area (Å²) in [7, 11) is 4.62. The van der Waals surface area contributed by atoms with Gasteiger partial charge in [0.15, 0.2) is 0 Å². The second-order valence-corrected chi connectivity index (χ2v) is 6.60. The first kappa shape index (κ1) is 20.3. The number of amides is 1. The van der Waals surface area contributed by atoms with E-state index in [-0.39, 0.29) is 11.5 Å². The number of aromatic nitrogens is 1. The molecule has 1 aromatic heterocycles. The normalized spacial score (nSPS) is 10.6. The van der Waals surface area contributed by atoms with Crippen LogP contribution in [-0.4, -0.2) is 38.8 Å². The molecule has 2 N–H and O–H groups in total. The summed E-state index contributed by atoms with van der Waals surface area (Å²) in [6, 6.07) is 10.6. The lowest BCUT2D eigenvalue weighted by Crippen LogP contribution is -2.27. The third-order valence-electron chi connectivity index (χ3n) is 4.79. The molecule has 0 radical (unpaired) electrons. The van der Waals surface area contributed by atoms with Gasteiger partial charge in [0.25, 0.3) is 11.5 Å². The number of pyridine rings is 1. The van der Waals surface area contributed by atoms with Crippen LogP contribution in [0.1, 0.15) is 21.5 Å². The number of hydrogen-bond donors (Lipinski definition) is 2. The number of rotatable bonds is 7. The molecule has 0 spiro atoms. The van der Waals surface area contributed by atoms with E-state index >= 15 is 0 Å². The van der Waals surface area contributed by atoms with Gasteiger partial charge < -0.3 is 24.5 Å². The molecule has 0 fully saturated rings. The molecule has 0 bridgehead atoms. The van der Waals surface area contributed by atoms with E-state index in [0.717, 1.165) is 10.9 Å². The van der Waals surface area contributed by atoms with E-state index in [4.69, 9.17) is 14.2 Å². The highest BCUT2D eigenvalue weighted by atomic mass is 16.5. The molecule has 3 rings (SSSR count). The zero-order chi connectivity index (χ0) is 21.0. The molecule has 0 unspecified atom stereocenters. The van der Waals surface area contributed by atoms with Crippen LogP contribution in [0.3, 0.4) is 0 Å². The van der Waals surface area contributed by atoms with Crippen molar-refractivity contribution in [1.82, 2.24) is 10.3 Å². The van der Waals surface area contributed by atoms with Crippen molar-refractivity contribution in [1.29, 1.82) is 0 Å². The second kappa shape index (κ2) is 8.68. The fraction of sp³-hybridized carbons (Fsp3) is 0.273. The quantitative estimate of drug-likeness (QED) is 0.641. The Hall–Kier alpha value is -3.48. The van der Waals surface area contributed by atoms with Crippen LogP contribution in [0.25, 0.3) is 10.9 Å². The fourth-order valence-electron chi connectivity index (χ4n) is 3.16. The van der Waals surface area contributed by atoms with Crippen molar-refractivity contribution in [2.45, 2.75) is 13.3 Å². The van der Waals surface area contributed by atoms with Gasteiger partial charge in [-0.3, -0.25) is 9.59 Å². The third kappa shape index (κ3) is 4.34. The highest BCUT2D eigenvalue weighted by Crippen LogP contribution is 2.26. The summed E-state index contributed by atoms with van der Waals surface area (Å²) in [6.07, 6.45) is 0.398. The van der Waals surface area contributed by atoms with Gasteiger partial charge >= 0.3 is 0 Å². The number of fused-ring (bicyclic) bond motifs is 1. The number of nitrogens with one attached hydrogen (secondary N) is 2. The van der Waals surface area contributed by atoms with Crippen molar-refractivity contribution < 1.29 is 19.0 Å². The predicted octanol–water partition coefficient (Wildman–Crippen LogP) is 2.83. The molecule has 0 aliphatic heterocycles. The molecule has 7 heteroatoms. The summed E-state index contributed by atoms with van der Waals surface area (Å²) in [5, 5.41) is 3.75. The van der Waals surface area contributed by atoms with Gasteiger partial charge in [0, 0.05) is 29.1 Å². The highest BCUT2D eigenvalue weighted by molar-refractivity contribution is 5.95. The van der Waals surface area contributed by atoms with Crippen LogP contribution in [0, 0.1) is 6.92 Å². The first-order valence-electron chi connectivity index (χ1n) is 9.17. The molecule has 3 aromatic rings. The monoisotopic (exact) mass is 396 g/mol. The van der Waals surface area contributed by atoms with Gasteiger partial charge in [-0.25, -0.2) is 0 Å². The topological polar surface area (TPSA) is 89.7 Å². The molecule has 0 aliphatic rings. The smallest absolute Gasteiger partial charge is 0.251 e.